The van der Waals surface area contributed by atoms with Crippen LogP contribution in [0.4, 0.5) is 0 Å². The van der Waals surface area contributed by atoms with Gasteiger partial charge in [-0.05, 0) is 33.4 Å². The van der Waals surface area contributed by atoms with Gasteiger partial charge in [-0.15, -0.1) is 0 Å². The molecule has 0 amide bonds. The Morgan fingerprint density at radius 1 is 1.50 bits per heavy atom. The standard InChI is InChI=1S/C5H13N.C3H6O.H2/c1-5(2)4-6-3;1-3(2)4;/h5-6H,4H2,1-3H3;1-2H3;1H. The summed E-state index contributed by atoms with van der Waals surface area (Å²) in [7, 11) is 1.97. The molecule has 0 aliphatic rings. The number of nitrogens with one attached hydrogen (secondary N) is 1. The van der Waals surface area contributed by atoms with Crippen molar-refractivity contribution in [3.05, 3.63) is 0 Å². The molecule has 10 heavy (non-hydrogen) atoms. The summed E-state index contributed by atoms with van der Waals surface area (Å²) in [5.41, 5.74) is 0. The fourth-order valence-corrected chi connectivity index (χ4v) is 0.408. The van der Waals surface area contributed by atoms with Gasteiger partial charge in [-0.3, -0.25) is 0 Å². The summed E-state index contributed by atoms with van der Waals surface area (Å²) in [6.07, 6.45) is 0. The van der Waals surface area contributed by atoms with Gasteiger partial charge in [0.1, 0.15) is 5.78 Å². The Morgan fingerprint density at radius 3 is 1.80 bits per heavy atom. The molecular formula is C8H21NO. The number of hydrogen-bond donors (Lipinski definition) is 1. The molecule has 0 heterocycles. The molecule has 0 aliphatic carbocycles. The van der Waals surface area contributed by atoms with Crippen LogP contribution in [0.15, 0.2) is 0 Å². The summed E-state index contributed by atoms with van der Waals surface area (Å²) in [6.45, 7) is 8.56. The monoisotopic (exact) mass is 147 g/mol. The molecular weight excluding hydrogens is 126 g/mol. The van der Waals surface area contributed by atoms with Crippen molar-refractivity contribution in [1.82, 2.24) is 5.32 Å². The molecule has 0 rings (SSSR count). The average molecular weight is 147 g/mol. The van der Waals surface area contributed by atoms with E-state index in [9.17, 15) is 4.79 Å². The van der Waals surface area contributed by atoms with E-state index in [0.717, 1.165) is 12.5 Å². The predicted octanol–water partition coefficient (Wildman–Crippen LogP) is 1.70. The van der Waals surface area contributed by atoms with Crippen LogP contribution in [-0.2, 0) is 4.79 Å². The van der Waals surface area contributed by atoms with E-state index in [0.29, 0.717) is 0 Å². The van der Waals surface area contributed by atoms with Crippen molar-refractivity contribution < 1.29 is 6.22 Å². The van der Waals surface area contributed by atoms with E-state index in [4.69, 9.17) is 0 Å². The quantitative estimate of drug-likeness (QED) is 0.644. The lowest BCUT2D eigenvalue weighted by Crippen LogP contribution is -2.12. The number of carbonyl (C=O) groups excluding carboxylic acids is 1. The molecule has 0 radical (unpaired) electrons. The fourth-order valence-electron chi connectivity index (χ4n) is 0.408. The zero-order chi connectivity index (χ0) is 8.57. The Morgan fingerprint density at radius 2 is 1.80 bits per heavy atom. The molecule has 2 heteroatoms. The zero-order valence-electron chi connectivity index (χ0n) is 7.69. The van der Waals surface area contributed by atoms with Crippen molar-refractivity contribution in [3.63, 3.8) is 0 Å². The average Bonchev–Trinajstić information content (AvgIpc) is 1.62. The highest BCUT2D eigenvalue weighted by Crippen LogP contribution is 1.83. The SMILES string of the molecule is CC(C)=O.CNCC(C)C.[HH]. The lowest BCUT2D eigenvalue weighted by molar-refractivity contribution is -0.114. The van der Waals surface area contributed by atoms with E-state index >= 15 is 0 Å². The third-order valence-electron chi connectivity index (χ3n) is 0.612. The number of rotatable bonds is 2. The molecule has 1 N–H and O–H groups in total. The van der Waals surface area contributed by atoms with Gasteiger partial charge in [0.2, 0.25) is 0 Å². The minimum absolute atomic E-state index is 0. The van der Waals surface area contributed by atoms with E-state index in [1.807, 2.05) is 7.05 Å². The molecule has 2 nitrogen and oxygen atoms in total. The lowest BCUT2D eigenvalue weighted by atomic mass is 10.2. The Balaban J connectivity index is -0.000000114. The molecule has 0 saturated heterocycles. The normalized spacial score (nSPS) is 8.60. The summed E-state index contributed by atoms with van der Waals surface area (Å²) in [5.74, 6) is 0.954. The van der Waals surface area contributed by atoms with Gasteiger partial charge in [0.25, 0.3) is 0 Å². The van der Waals surface area contributed by atoms with Crippen molar-refractivity contribution >= 4 is 5.78 Å². The number of hydrogen-bond acceptors (Lipinski definition) is 2. The summed E-state index contributed by atoms with van der Waals surface area (Å²) < 4.78 is 0. The van der Waals surface area contributed by atoms with Gasteiger partial charge in [0.05, 0.1) is 0 Å². The van der Waals surface area contributed by atoms with Crippen molar-refractivity contribution in [2.24, 2.45) is 5.92 Å². The van der Waals surface area contributed by atoms with E-state index in [2.05, 4.69) is 19.2 Å². The molecule has 0 bridgehead atoms. The van der Waals surface area contributed by atoms with E-state index in [1.165, 1.54) is 13.8 Å². The Hall–Kier alpha value is -0.370. The maximum atomic E-state index is 9.44. The predicted molar refractivity (Wildman–Crippen MR) is 47.2 cm³/mol. The van der Waals surface area contributed by atoms with Gasteiger partial charge in [-0.1, -0.05) is 13.8 Å². The fraction of sp³-hybridized carbons (Fsp3) is 0.875. The molecule has 0 spiro atoms. The van der Waals surface area contributed by atoms with Crippen molar-refractivity contribution in [3.8, 4) is 0 Å². The molecule has 0 unspecified atom stereocenters. The molecule has 64 valence electrons. The minimum atomic E-state index is 0. The molecule has 0 aromatic carbocycles. The lowest BCUT2D eigenvalue weighted by Gasteiger charge is -1.98. The van der Waals surface area contributed by atoms with Crippen LogP contribution in [0.25, 0.3) is 0 Å². The van der Waals surface area contributed by atoms with Crippen molar-refractivity contribution in [2.45, 2.75) is 27.7 Å². The smallest absolute Gasteiger partial charge is 0.126 e. The Kier molecular flexibility index (Phi) is 10.6. The number of ketones is 1. The van der Waals surface area contributed by atoms with Crippen LogP contribution < -0.4 is 5.32 Å². The molecule has 0 atom stereocenters. The van der Waals surface area contributed by atoms with Crippen LogP contribution in [0, 0.1) is 5.92 Å². The van der Waals surface area contributed by atoms with Gasteiger partial charge in [-0.2, -0.15) is 0 Å². The summed E-state index contributed by atoms with van der Waals surface area (Å²) in [4.78, 5) is 9.44. The third kappa shape index (κ3) is 48.5. The largest absolute Gasteiger partial charge is 0.319 e. The van der Waals surface area contributed by atoms with E-state index < -0.39 is 0 Å². The first-order chi connectivity index (χ1) is 4.50. The molecule has 0 saturated carbocycles. The van der Waals surface area contributed by atoms with Gasteiger partial charge in [0.15, 0.2) is 0 Å². The van der Waals surface area contributed by atoms with E-state index in [1.54, 1.807) is 0 Å². The Labute approximate surface area is 65.5 Å². The second-order valence-electron chi connectivity index (χ2n) is 2.86. The second kappa shape index (κ2) is 8.63. The van der Waals surface area contributed by atoms with Crippen LogP contribution >= 0.6 is 0 Å². The molecule has 0 aromatic heterocycles. The van der Waals surface area contributed by atoms with Crippen LogP contribution in [0.2, 0.25) is 0 Å². The number of carbonyl (C=O) groups is 1. The molecule has 0 aromatic rings. The number of Topliss-reactive ketones (excluding diaryl/α,β-unsaturated/α-hetero) is 1. The topological polar surface area (TPSA) is 29.1 Å². The van der Waals surface area contributed by atoms with Crippen LogP contribution in [0.5, 0.6) is 0 Å². The highest BCUT2D eigenvalue weighted by molar-refractivity contribution is 5.72. The summed E-state index contributed by atoms with van der Waals surface area (Å²) >= 11 is 0. The van der Waals surface area contributed by atoms with Gasteiger partial charge in [0, 0.05) is 1.43 Å². The zero-order valence-corrected chi connectivity index (χ0v) is 7.69. The minimum Gasteiger partial charge on any atom is -0.319 e. The van der Waals surface area contributed by atoms with Crippen molar-refractivity contribution in [2.75, 3.05) is 13.6 Å². The molecule has 0 aliphatic heterocycles. The first-order valence-electron chi connectivity index (χ1n) is 3.62. The maximum Gasteiger partial charge on any atom is 0.126 e. The van der Waals surface area contributed by atoms with E-state index in [-0.39, 0.29) is 7.21 Å². The first-order valence-corrected chi connectivity index (χ1v) is 3.62. The maximum absolute atomic E-state index is 9.44. The van der Waals surface area contributed by atoms with Gasteiger partial charge < -0.3 is 10.1 Å². The molecule has 0 fully saturated rings. The first kappa shape index (κ1) is 12.3. The van der Waals surface area contributed by atoms with Crippen LogP contribution in [0.3, 0.4) is 0 Å². The van der Waals surface area contributed by atoms with Gasteiger partial charge >= 0.3 is 0 Å². The third-order valence-corrected chi connectivity index (χ3v) is 0.612. The van der Waals surface area contributed by atoms with Crippen LogP contribution in [0.1, 0.15) is 29.1 Å². The van der Waals surface area contributed by atoms with Crippen LogP contribution in [-0.4, -0.2) is 19.4 Å². The second-order valence-corrected chi connectivity index (χ2v) is 2.86. The summed E-state index contributed by atoms with van der Waals surface area (Å²) in [6, 6.07) is 0. The van der Waals surface area contributed by atoms with Crippen molar-refractivity contribution in [1.29, 1.82) is 0 Å². The Bertz CT molecular complexity index is 80.2. The highest BCUT2D eigenvalue weighted by Gasteiger charge is 1.84. The van der Waals surface area contributed by atoms with Gasteiger partial charge in [-0.25, -0.2) is 0 Å². The summed E-state index contributed by atoms with van der Waals surface area (Å²) in [5, 5.41) is 3.07. The highest BCUT2D eigenvalue weighted by atomic mass is 16.1.